The molecule has 1 amide bonds. The number of carbonyl (C=O) groups is 1. The lowest BCUT2D eigenvalue weighted by Crippen LogP contribution is -2.51. The van der Waals surface area contributed by atoms with Crippen molar-refractivity contribution in [3.8, 4) is 5.69 Å². The van der Waals surface area contributed by atoms with Crippen molar-refractivity contribution in [3.63, 3.8) is 0 Å². The molecule has 0 bridgehead atoms. The van der Waals surface area contributed by atoms with Crippen LogP contribution in [0.15, 0.2) is 42.7 Å². The molecule has 7 nitrogen and oxygen atoms in total. The van der Waals surface area contributed by atoms with Gasteiger partial charge in [-0.2, -0.15) is 13.2 Å². The van der Waals surface area contributed by atoms with Crippen molar-refractivity contribution < 1.29 is 18.0 Å². The molecule has 1 aromatic carbocycles. The summed E-state index contributed by atoms with van der Waals surface area (Å²) in [7, 11) is 0. The zero-order valence-electron chi connectivity index (χ0n) is 19.3. The predicted molar refractivity (Wildman–Crippen MR) is 122 cm³/mol. The first-order chi connectivity index (χ1) is 16.1. The van der Waals surface area contributed by atoms with Gasteiger partial charge in [-0.15, -0.1) is 5.10 Å². The Morgan fingerprint density at radius 3 is 2.65 bits per heavy atom. The van der Waals surface area contributed by atoms with Crippen molar-refractivity contribution in [2.45, 2.75) is 45.8 Å². The maximum atomic E-state index is 13.8. The fourth-order valence-electron chi connectivity index (χ4n) is 4.33. The molecule has 180 valence electrons. The third kappa shape index (κ3) is 5.05. The average Bonchev–Trinajstić information content (AvgIpc) is 3.23. The molecule has 3 heterocycles. The zero-order chi connectivity index (χ0) is 24.5. The second-order valence-electron chi connectivity index (χ2n) is 8.82. The molecule has 1 fully saturated rings. The van der Waals surface area contributed by atoms with Crippen molar-refractivity contribution >= 4 is 11.7 Å². The lowest BCUT2D eigenvalue weighted by Gasteiger charge is -2.40. The van der Waals surface area contributed by atoms with Crippen molar-refractivity contribution in [2.24, 2.45) is 5.92 Å². The number of nitrogens with zero attached hydrogens (tertiary/aromatic N) is 5. The molecule has 0 radical (unpaired) electrons. The Kier molecular flexibility index (Phi) is 6.58. The summed E-state index contributed by atoms with van der Waals surface area (Å²) in [5, 5.41) is 11.3. The summed E-state index contributed by atoms with van der Waals surface area (Å²) in [5.41, 5.74) is 2.10. The van der Waals surface area contributed by atoms with Gasteiger partial charge in [-0.3, -0.25) is 4.79 Å². The van der Waals surface area contributed by atoms with Gasteiger partial charge >= 0.3 is 6.18 Å². The van der Waals surface area contributed by atoms with Gasteiger partial charge in [0.25, 0.3) is 5.91 Å². The molecule has 1 aliphatic rings. The van der Waals surface area contributed by atoms with E-state index in [0.29, 0.717) is 30.2 Å². The minimum atomic E-state index is -4.43. The molecule has 3 aromatic rings. The van der Waals surface area contributed by atoms with E-state index < -0.39 is 11.7 Å². The number of carbonyl (C=O) groups excluding carboxylic acids is 1. The number of amides is 1. The Morgan fingerprint density at radius 1 is 1.21 bits per heavy atom. The SMILES string of the molecule is Cc1ccc(-n2cc(C)nn2)c(C(=O)N2CCCC(C)C2CNc2ccc(C(F)(F)F)cn2)c1. The lowest BCUT2D eigenvalue weighted by molar-refractivity contribution is -0.137. The Labute approximate surface area is 196 Å². The van der Waals surface area contributed by atoms with Crippen LogP contribution in [0.1, 0.15) is 46.9 Å². The van der Waals surface area contributed by atoms with Crippen LogP contribution in [-0.2, 0) is 6.18 Å². The number of halogens is 3. The maximum absolute atomic E-state index is 13.8. The van der Waals surface area contributed by atoms with Crippen molar-refractivity contribution in [1.29, 1.82) is 0 Å². The number of alkyl halides is 3. The molecule has 1 aliphatic heterocycles. The molecule has 4 rings (SSSR count). The highest BCUT2D eigenvalue weighted by Crippen LogP contribution is 2.30. The number of hydrogen-bond acceptors (Lipinski definition) is 5. The van der Waals surface area contributed by atoms with Gasteiger partial charge in [0.15, 0.2) is 0 Å². The van der Waals surface area contributed by atoms with Crippen LogP contribution in [-0.4, -0.2) is 49.9 Å². The first-order valence-corrected chi connectivity index (χ1v) is 11.2. The van der Waals surface area contributed by atoms with E-state index in [0.717, 1.165) is 36.4 Å². The highest BCUT2D eigenvalue weighted by Gasteiger charge is 2.34. The van der Waals surface area contributed by atoms with E-state index in [-0.39, 0.29) is 17.9 Å². The van der Waals surface area contributed by atoms with Crippen LogP contribution in [0, 0.1) is 19.8 Å². The van der Waals surface area contributed by atoms with Gasteiger partial charge < -0.3 is 10.2 Å². The van der Waals surface area contributed by atoms with Gasteiger partial charge in [0.1, 0.15) is 5.82 Å². The molecule has 2 aromatic heterocycles. The van der Waals surface area contributed by atoms with E-state index in [1.54, 1.807) is 10.9 Å². The van der Waals surface area contributed by atoms with Gasteiger partial charge in [0.05, 0.1) is 34.7 Å². The predicted octanol–water partition coefficient (Wildman–Crippen LogP) is 4.65. The number of anilines is 1. The largest absolute Gasteiger partial charge is 0.417 e. The topological polar surface area (TPSA) is 75.9 Å². The Bertz CT molecular complexity index is 1160. The number of likely N-dealkylation sites (tertiary alicyclic amines) is 1. The van der Waals surface area contributed by atoms with E-state index in [1.165, 1.54) is 6.07 Å². The molecule has 2 unspecified atom stereocenters. The van der Waals surface area contributed by atoms with Crippen LogP contribution < -0.4 is 5.32 Å². The summed E-state index contributed by atoms with van der Waals surface area (Å²) in [6, 6.07) is 7.82. The van der Waals surface area contributed by atoms with E-state index >= 15 is 0 Å². The van der Waals surface area contributed by atoms with E-state index in [2.05, 4.69) is 27.5 Å². The number of nitrogens with one attached hydrogen (secondary N) is 1. The summed E-state index contributed by atoms with van der Waals surface area (Å²) in [6.07, 6.45) is -0.00387. The lowest BCUT2D eigenvalue weighted by atomic mass is 9.89. The third-order valence-corrected chi connectivity index (χ3v) is 6.20. The van der Waals surface area contributed by atoms with Crippen LogP contribution in [0.2, 0.25) is 0 Å². The molecule has 1 N–H and O–H groups in total. The molecule has 0 saturated carbocycles. The van der Waals surface area contributed by atoms with Crippen LogP contribution in [0.4, 0.5) is 19.0 Å². The van der Waals surface area contributed by atoms with Gasteiger partial charge in [-0.25, -0.2) is 9.67 Å². The van der Waals surface area contributed by atoms with Gasteiger partial charge in [-0.1, -0.05) is 23.8 Å². The first kappa shape index (κ1) is 23.7. The molecule has 0 aliphatic carbocycles. The van der Waals surface area contributed by atoms with Gasteiger partial charge in [0, 0.05) is 19.3 Å². The number of rotatable bonds is 5. The molecular formula is C24H27F3N6O. The fourth-order valence-corrected chi connectivity index (χ4v) is 4.33. The smallest absolute Gasteiger partial charge is 0.368 e. The standard InChI is InChI=1S/C24H27F3N6O/c1-15-6-8-20(33-14-17(3)30-31-33)19(11-15)23(34)32-10-4-5-16(2)21(32)13-29-22-9-7-18(12-28-22)24(25,26)27/h6-9,11-12,14,16,21H,4-5,10,13H2,1-3H3,(H,28,29). The number of pyridine rings is 1. The summed E-state index contributed by atoms with van der Waals surface area (Å²) < 4.78 is 40.1. The quantitative estimate of drug-likeness (QED) is 0.585. The van der Waals surface area contributed by atoms with Crippen LogP contribution >= 0.6 is 0 Å². The maximum Gasteiger partial charge on any atom is 0.417 e. The average molecular weight is 473 g/mol. The molecular weight excluding hydrogens is 445 g/mol. The van der Waals surface area contributed by atoms with E-state index in [1.807, 2.05) is 36.9 Å². The highest BCUT2D eigenvalue weighted by atomic mass is 19.4. The number of benzene rings is 1. The third-order valence-electron chi connectivity index (χ3n) is 6.20. The Morgan fingerprint density at radius 2 is 2.00 bits per heavy atom. The highest BCUT2D eigenvalue weighted by molar-refractivity contribution is 5.98. The summed E-state index contributed by atoms with van der Waals surface area (Å²) in [4.78, 5) is 19.5. The molecule has 1 saturated heterocycles. The number of aryl methyl sites for hydroxylation is 2. The Balaban J connectivity index is 1.57. The zero-order valence-corrected chi connectivity index (χ0v) is 19.3. The fraction of sp³-hybridized carbons (Fsp3) is 0.417. The number of aromatic nitrogens is 4. The van der Waals surface area contributed by atoms with Crippen molar-refractivity contribution in [3.05, 3.63) is 65.1 Å². The molecule has 34 heavy (non-hydrogen) atoms. The second kappa shape index (κ2) is 9.44. The molecule has 10 heteroatoms. The number of hydrogen-bond donors (Lipinski definition) is 1. The van der Waals surface area contributed by atoms with Gasteiger partial charge in [-0.05, 0) is 56.9 Å². The van der Waals surface area contributed by atoms with Crippen molar-refractivity contribution in [2.75, 3.05) is 18.4 Å². The van der Waals surface area contributed by atoms with Crippen LogP contribution in [0.5, 0.6) is 0 Å². The summed E-state index contributed by atoms with van der Waals surface area (Å²) in [5.74, 6) is 0.444. The van der Waals surface area contributed by atoms with Crippen LogP contribution in [0.3, 0.4) is 0 Å². The van der Waals surface area contributed by atoms with E-state index in [9.17, 15) is 18.0 Å². The summed E-state index contributed by atoms with van der Waals surface area (Å²) in [6.45, 7) is 6.84. The normalized spacial score (nSPS) is 18.7. The molecule has 2 atom stereocenters. The van der Waals surface area contributed by atoms with Gasteiger partial charge in [0.2, 0.25) is 0 Å². The van der Waals surface area contributed by atoms with E-state index in [4.69, 9.17) is 0 Å². The summed E-state index contributed by atoms with van der Waals surface area (Å²) >= 11 is 0. The second-order valence-corrected chi connectivity index (χ2v) is 8.82. The van der Waals surface area contributed by atoms with Crippen molar-refractivity contribution in [1.82, 2.24) is 24.9 Å². The minimum Gasteiger partial charge on any atom is -0.368 e. The minimum absolute atomic E-state index is 0.106. The number of piperidine rings is 1. The first-order valence-electron chi connectivity index (χ1n) is 11.2. The monoisotopic (exact) mass is 472 g/mol. The Hall–Kier alpha value is -3.43. The molecule has 0 spiro atoms. The van der Waals surface area contributed by atoms with Crippen LogP contribution in [0.25, 0.3) is 5.69 Å².